The second-order valence-electron chi connectivity index (χ2n) is 5.79. The highest BCUT2D eigenvalue weighted by atomic mass is 16.5. The maximum atomic E-state index is 11.1. The summed E-state index contributed by atoms with van der Waals surface area (Å²) < 4.78 is 5.59. The number of ether oxygens (including phenoxy) is 1. The third-order valence-electron chi connectivity index (χ3n) is 4.30. The summed E-state index contributed by atoms with van der Waals surface area (Å²) in [7, 11) is 0. The molecule has 1 aliphatic rings. The second kappa shape index (κ2) is 8.03. The van der Waals surface area contributed by atoms with Gasteiger partial charge < -0.3 is 15.2 Å². The van der Waals surface area contributed by atoms with Gasteiger partial charge in [0.05, 0.1) is 0 Å². The number of rotatable bonds is 7. The summed E-state index contributed by atoms with van der Waals surface area (Å²) in [6.07, 6.45) is 6.70. The van der Waals surface area contributed by atoms with Crippen molar-refractivity contribution in [2.24, 2.45) is 5.92 Å². The smallest absolute Gasteiger partial charge is 0.339 e. The van der Waals surface area contributed by atoms with Gasteiger partial charge in [0, 0.05) is 12.6 Å². The molecule has 1 atom stereocenters. The van der Waals surface area contributed by atoms with Crippen molar-refractivity contribution in [3.05, 3.63) is 29.8 Å². The van der Waals surface area contributed by atoms with Crippen LogP contribution in [0.1, 0.15) is 49.4 Å². The van der Waals surface area contributed by atoms with E-state index < -0.39 is 5.97 Å². The van der Waals surface area contributed by atoms with Crippen LogP contribution in [-0.2, 0) is 0 Å². The number of benzene rings is 1. The van der Waals surface area contributed by atoms with Crippen molar-refractivity contribution < 1.29 is 14.6 Å². The minimum absolute atomic E-state index is 0.220. The van der Waals surface area contributed by atoms with Crippen LogP contribution in [0.5, 0.6) is 5.75 Å². The molecular weight excluding hydrogens is 266 g/mol. The number of aromatic carboxylic acids is 1. The van der Waals surface area contributed by atoms with Crippen LogP contribution in [0.25, 0.3) is 0 Å². The molecule has 0 aromatic heterocycles. The molecule has 1 aromatic rings. The highest BCUT2D eigenvalue weighted by Gasteiger charge is 2.19. The number of carboxylic acids is 1. The minimum atomic E-state index is -0.950. The molecule has 1 aliphatic carbocycles. The molecule has 0 unspecified atom stereocenters. The van der Waals surface area contributed by atoms with Gasteiger partial charge in [0.1, 0.15) is 17.9 Å². The lowest BCUT2D eigenvalue weighted by Crippen LogP contribution is -2.37. The molecule has 2 rings (SSSR count). The van der Waals surface area contributed by atoms with E-state index in [1.54, 1.807) is 24.3 Å². The molecule has 4 heteroatoms. The topological polar surface area (TPSA) is 58.6 Å². The second-order valence-corrected chi connectivity index (χ2v) is 5.79. The maximum Gasteiger partial charge on any atom is 0.339 e. The van der Waals surface area contributed by atoms with Crippen LogP contribution in [0, 0.1) is 5.92 Å². The number of carbonyl (C=O) groups is 1. The third kappa shape index (κ3) is 4.74. The van der Waals surface area contributed by atoms with E-state index in [0.29, 0.717) is 18.4 Å². The predicted molar refractivity (Wildman–Crippen MR) is 82.9 cm³/mol. The summed E-state index contributed by atoms with van der Waals surface area (Å²) in [6.45, 7) is 3.47. The molecule has 0 amide bonds. The number of nitrogens with one attached hydrogen (secondary N) is 1. The Morgan fingerprint density at radius 2 is 2.05 bits per heavy atom. The Bertz CT molecular complexity index is 455. The van der Waals surface area contributed by atoms with E-state index in [1.807, 2.05) is 0 Å². The van der Waals surface area contributed by atoms with Gasteiger partial charge in [0.2, 0.25) is 0 Å². The maximum absolute atomic E-state index is 11.1. The van der Waals surface area contributed by atoms with E-state index in [2.05, 4.69) is 12.2 Å². The molecule has 1 aromatic carbocycles. The quantitative estimate of drug-likeness (QED) is 0.757. The van der Waals surface area contributed by atoms with Crippen molar-refractivity contribution in [2.75, 3.05) is 13.2 Å². The summed E-state index contributed by atoms with van der Waals surface area (Å²) >= 11 is 0. The van der Waals surface area contributed by atoms with Gasteiger partial charge in [0.15, 0.2) is 0 Å². The van der Waals surface area contributed by atoms with Gasteiger partial charge in [-0.15, -0.1) is 0 Å². The normalized spacial score (nSPS) is 17.4. The van der Waals surface area contributed by atoms with Gasteiger partial charge in [0.25, 0.3) is 0 Å². The van der Waals surface area contributed by atoms with Gasteiger partial charge >= 0.3 is 5.97 Å². The Labute approximate surface area is 126 Å². The average Bonchev–Trinajstić information content (AvgIpc) is 2.52. The van der Waals surface area contributed by atoms with Gasteiger partial charge in [-0.2, -0.15) is 0 Å². The van der Waals surface area contributed by atoms with Crippen LogP contribution in [0.2, 0.25) is 0 Å². The van der Waals surface area contributed by atoms with Crippen LogP contribution >= 0.6 is 0 Å². The van der Waals surface area contributed by atoms with Crippen LogP contribution in [0.4, 0.5) is 0 Å². The predicted octanol–water partition coefficient (Wildman–Crippen LogP) is 3.32. The highest BCUT2D eigenvalue weighted by molar-refractivity contribution is 5.90. The Morgan fingerprint density at radius 3 is 2.76 bits per heavy atom. The lowest BCUT2D eigenvalue weighted by molar-refractivity contribution is 0.0692. The van der Waals surface area contributed by atoms with E-state index >= 15 is 0 Å². The molecule has 0 aliphatic heterocycles. The number of carboxylic acid groups (broad SMARTS) is 1. The molecule has 21 heavy (non-hydrogen) atoms. The zero-order chi connectivity index (χ0) is 15.1. The van der Waals surface area contributed by atoms with Gasteiger partial charge in [-0.25, -0.2) is 4.79 Å². The molecule has 0 radical (unpaired) electrons. The van der Waals surface area contributed by atoms with Crippen LogP contribution < -0.4 is 10.1 Å². The first-order valence-electron chi connectivity index (χ1n) is 7.87. The first-order chi connectivity index (χ1) is 10.2. The van der Waals surface area contributed by atoms with Crippen molar-refractivity contribution in [1.82, 2.24) is 5.32 Å². The van der Waals surface area contributed by atoms with Gasteiger partial charge in [-0.05, 0) is 37.8 Å². The molecule has 0 saturated heterocycles. The molecule has 0 spiro atoms. The summed E-state index contributed by atoms with van der Waals surface area (Å²) in [4.78, 5) is 11.1. The van der Waals surface area contributed by atoms with Crippen molar-refractivity contribution in [3.63, 3.8) is 0 Å². The SMILES string of the molecule is C[C@@H](NCCOc1ccccc1C(=O)O)C1CCCCC1. The largest absolute Gasteiger partial charge is 0.491 e. The molecule has 1 fully saturated rings. The fourth-order valence-electron chi connectivity index (χ4n) is 3.02. The van der Waals surface area contributed by atoms with E-state index in [0.717, 1.165) is 12.5 Å². The lowest BCUT2D eigenvalue weighted by Gasteiger charge is -2.28. The molecule has 1 saturated carbocycles. The standard InChI is InChI=1S/C17H25NO3/c1-13(14-7-3-2-4-8-14)18-11-12-21-16-10-6-5-9-15(16)17(19)20/h5-6,9-10,13-14,18H,2-4,7-8,11-12H2,1H3,(H,19,20)/t13-/m1/s1. The van der Waals surface area contributed by atoms with E-state index in [-0.39, 0.29) is 5.56 Å². The zero-order valence-electron chi connectivity index (χ0n) is 12.7. The van der Waals surface area contributed by atoms with Crippen molar-refractivity contribution >= 4 is 5.97 Å². The first-order valence-corrected chi connectivity index (χ1v) is 7.87. The average molecular weight is 291 g/mol. The lowest BCUT2D eigenvalue weighted by atomic mass is 9.84. The molecular formula is C17H25NO3. The number of hydrogen-bond donors (Lipinski definition) is 2. The summed E-state index contributed by atoms with van der Waals surface area (Å²) in [6, 6.07) is 7.27. The van der Waals surface area contributed by atoms with Crippen molar-refractivity contribution in [1.29, 1.82) is 0 Å². The Kier molecular flexibility index (Phi) is 6.05. The van der Waals surface area contributed by atoms with Gasteiger partial charge in [-0.1, -0.05) is 31.4 Å². The van der Waals surface area contributed by atoms with Gasteiger partial charge in [-0.3, -0.25) is 0 Å². The third-order valence-corrected chi connectivity index (χ3v) is 4.30. The minimum Gasteiger partial charge on any atom is -0.491 e. The summed E-state index contributed by atoms with van der Waals surface area (Å²) in [5.41, 5.74) is 0.220. The highest BCUT2D eigenvalue weighted by Crippen LogP contribution is 2.26. The van der Waals surface area contributed by atoms with Crippen molar-refractivity contribution in [3.8, 4) is 5.75 Å². The van der Waals surface area contributed by atoms with Crippen LogP contribution in [0.3, 0.4) is 0 Å². The van der Waals surface area contributed by atoms with E-state index in [9.17, 15) is 4.79 Å². The molecule has 2 N–H and O–H groups in total. The molecule has 116 valence electrons. The summed E-state index contributed by atoms with van der Waals surface area (Å²) in [5, 5.41) is 12.6. The van der Waals surface area contributed by atoms with Crippen molar-refractivity contribution in [2.45, 2.75) is 45.1 Å². The van der Waals surface area contributed by atoms with E-state index in [1.165, 1.54) is 32.1 Å². The number of para-hydroxylation sites is 1. The molecule has 0 bridgehead atoms. The Hall–Kier alpha value is -1.55. The fraction of sp³-hybridized carbons (Fsp3) is 0.588. The number of hydrogen-bond acceptors (Lipinski definition) is 3. The van der Waals surface area contributed by atoms with E-state index in [4.69, 9.17) is 9.84 Å². The zero-order valence-corrected chi connectivity index (χ0v) is 12.7. The molecule has 4 nitrogen and oxygen atoms in total. The summed E-state index contributed by atoms with van der Waals surface area (Å²) in [5.74, 6) is 0.260. The first kappa shape index (κ1) is 15.8. The Balaban J connectivity index is 1.73. The molecule has 0 heterocycles. The van der Waals surface area contributed by atoms with Crippen LogP contribution in [-0.4, -0.2) is 30.3 Å². The van der Waals surface area contributed by atoms with Crippen LogP contribution in [0.15, 0.2) is 24.3 Å². The fourth-order valence-corrected chi connectivity index (χ4v) is 3.02. The monoisotopic (exact) mass is 291 g/mol. The Morgan fingerprint density at radius 1 is 1.33 bits per heavy atom.